The van der Waals surface area contributed by atoms with Crippen molar-refractivity contribution in [2.75, 3.05) is 6.54 Å². The third-order valence-electron chi connectivity index (χ3n) is 4.09. The van der Waals surface area contributed by atoms with Crippen LogP contribution in [0.1, 0.15) is 41.9 Å². The summed E-state index contributed by atoms with van der Waals surface area (Å²) < 4.78 is 2.04. The number of hydrogen-bond acceptors (Lipinski definition) is 2. The summed E-state index contributed by atoms with van der Waals surface area (Å²) in [6.07, 6.45) is 0. The van der Waals surface area contributed by atoms with Crippen LogP contribution in [0, 0.1) is 33.6 Å². The Kier molecular flexibility index (Phi) is 4.84. The van der Waals surface area contributed by atoms with Gasteiger partial charge in [0.25, 0.3) is 0 Å². The molecule has 0 saturated carbocycles. The zero-order chi connectivity index (χ0) is 15.6. The Hall–Kier alpha value is -1.61. The van der Waals surface area contributed by atoms with Crippen molar-refractivity contribution in [1.82, 2.24) is 15.1 Å². The predicted octanol–water partition coefficient (Wildman–Crippen LogP) is 3.85. The molecule has 0 aliphatic carbocycles. The molecule has 2 aromatic rings. The molecule has 0 radical (unpaired) electrons. The lowest BCUT2D eigenvalue weighted by molar-refractivity contribution is 0.551. The fraction of sp³-hybridized carbons (Fsp3) is 0.500. The average molecular weight is 285 g/mol. The van der Waals surface area contributed by atoms with E-state index in [0.717, 1.165) is 24.5 Å². The van der Waals surface area contributed by atoms with Crippen LogP contribution in [0.5, 0.6) is 0 Å². The first kappa shape index (κ1) is 15.8. The number of aromatic nitrogens is 2. The van der Waals surface area contributed by atoms with E-state index in [1.807, 2.05) is 4.68 Å². The van der Waals surface area contributed by atoms with E-state index in [1.54, 1.807) is 0 Å². The molecule has 3 heteroatoms. The Morgan fingerprint density at radius 3 is 2.38 bits per heavy atom. The molecule has 1 heterocycles. The second kappa shape index (κ2) is 6.44. The molecule has 2 rings (SSSR count). The highest BCUT2D eigenvalue weighted by molar-refractivity contribution is 5.42. The molecule has 1 aromatic heterocycles. The van der Waals surface area contributed by atoms with Crippen molar-refractivity contribution in [3.8, 4) is 5.69 Å². The minimum atomic E-state index is 0.683. The first-order chi connectivity index (χ1) is 9.90. The van der Waals surface area contributed by atoms with E-state index in [1.165, 1.54) is 22.4 Å². The highest BCUT2D eigenvalue weighted by atomic mass is 15.3. The summed E-state index contributed by atoms with van der Waals surface area (Å²) >= 11 is 0. The maximum Gasteiger partial charge on any atom is 0.0651 e. The fourth-order valence-corrected chi connectivity index (χ4v) is 2.48. The van der Waals surface area contributed by atoms with Crippen LogP contribution >= 0.6 is 0 Å². The van der Waals surface area contributed by atoms with Gasteiger partial charge in [-0.3, -0.25) is 0 Å². The molecule has 0 saturated heterocycles. The number of nitrogens with one attached hydrogen (secondary N) is 1. The highest BCUT2D eigenvalue weighted by Crippen LogP contribution is 2.19. The highest BCUT2D eigenvalue weighted by Gasteiger charge is 2.10. The predicted molar refractivity (Wildman–Crippen MR) is 89.1 cm³/mol. The lowest BCUT2D eigenvalue weighted by Crippen LogP contribution is -2.19. The van der Waals surface area contributed by atoms with E-state index in [-0.39, 0.29) is 0 Å². The van der Waals surface area contributed by atoms with Gasteiger partial charge in [-0.2, -0.15) is 5.10 Å². The van der Waals surface area contributed by atoms with Crippen molar-refractivity contribution in [1.29, 1.82) is 0 Å². The van der Waals surface area contributed by atoms with Crippen LogP contribution in [-0.4, -0.2) is 16.3 Å². The molecule has 3 nitrogen and oxygen atoms in total. The van der Waals surface area contributed by atoms with E-state index < -0.39 is 0 Å². The number of benzene rings is 1. The molecule has 1 N–H and O–H groups in total. The quantitative estimate of drug-likeness (QED) is 0.904. The summed E-state index contributed by atoms with van der Waals surface area (Å²) in [6, 6.07) is 6.60. The monoisotopic (exact) mass is 285 g/mol. The smallest absolute Gasteiger partial charge is 0.0651 e. The summed E-state index contributed by atoms with van der Waals surface area (Å²) in [5, 5.41) is 8.14. The van der Waals surface area contributed by atoms with Gasteiger partial charge in [0.05, 0.1) is 11.4 Å². The second-order valence-corrected chi connectivity index (χ2v) is 6.34. The lowest BCUT2D eigenvalue weighted by atomic mass is 10.1. The van der Waals surface area contributed by atoms with Gasteiger partial charge in [0, 0.05) is 12.2 Å². The molecule has 114 valence electrons. The average Bonchev–Trinajstić information content (AvgIpc) is 2.68. The van der Waals surface area contributed by atoms with Gasteiger partial charge in [-0.25, -0.2) is 4.68 Å². The second-order valence-electron chi connectivity index (χ2n) is 6.34. The Bertz CT molecular complexity index is 624. The van der Waals surface area contributed by atoms with Crippen LogP contribution in [0.15, 0.2) is 18.2 Å². The van der Waals surface area contributed by atoms with Crippen LogP contribution < -0.4 is 5.32 Å². The van der Waals surface area contributed by atoms with Crippen LogP contribution in [0.4, 0.5) is 0 Å². The van der Waals surface area contributed by atoms with Gasteiger partial charge < -0.3 is 5.32 Å². The van der Waals surface area contributed by atoms with Crippen molar-refractivity contribution < 1.29 is 0 Å². The van der Waals surface area contributed by atoms with E-state index in [0.29, 0.717) is 5.92 Å². The molecule has 0 atom stereocenters. The number of aryl methyl sites for hydroxylation is 2. The van der Waals surface area contributed by atoms with Gasteiger partial charge in [-0.1, -0.05) is 19.9 Å². The zero-order valence-corrected chi connectivity index (χ0v) is 14.1. The van der Waals surface area contributed by atoms with E-state index in [9.17, 15) is 0 Å². The maximum absolute atomic E-state index is 4.64. The van der Waals surface area contributed by atoms with E-state index in [2.05, 4.69) is 70.2 Å². The maximum atomic E-state index is 4.64. The van der Waals surface area contributed by atoms with Crippen LogP contribution in [-0.2, 0) is 6.54 Å². The Balaban J connectivity index is 2.20. The molecular weight excluding hydrogens is 258 g/mol. The third kappa shape index (κ3) is 3.53. The topological polar surface area (TPSA) is 29.9 Å². The first-order valence-corrected chi connectivity index (χ1v) is 7.73. The van der Waals surface area contributed by atoms with Crippen molar-refractivity contribution in [2.24, 2.45) is 5.92 Å². The molecule has 0 unspecified atom stereocenters. The molecule has 0 aliphatic heterocycles. The summed E-state index contributed by atoms with van der Waals surface area (Å²) in [4.78, 5) is 0. The normalized spacial score (nSPS) is 11.4. The Labute approximate surface area is 128 Å². The molecule has 0 amide bonds. The SMILES string of the molecule is Cc1cc(-n2nc(C)c(C)c2C)ccc1CNCC(C)C. The largest absolute Gasteiger partial charge is 0.312 e. The number of rotatable bonds is 5. The minimum absolute atomic E-state index is 0.683. The van der Waals surface area contributed by atoms with Gasteiger partial charge in [-0.15, -0.1) is 0 Å². The summed E-state index contributed by atoms with van der Waals surface area (Å²) in [5.74, 6) is 0.683. The summed E-state index contributed by atoms with van der Waals surface area (Å²) in [5.41, 5.74) is 7.42. The third-order valence-corrected chi connectivity index (χ3v) is 4.09. The molecule has 0 aliphatic rings. The van der Waals surface area contributed by atoms with Crippen molar-refractivity contribution in [3.05, 3.63) is 46.3 Å². The molecule has 0 spiro atoms. The first-order valence-electron chi connectivity index (χ1n) is 7.73. The fourth-order valence-electron chi connectivity index (χ4n) is 2.48. The van der Waals surface area contributed by atoms with Crippen LogP contribution in [0.2, 0.25) is 0 Å². The Morgan fingerprint density at radius 2 is 1.86 bits per heavy atom. The van der Waals surface area contributed by atoms with E-state index in [4.69, 9.17) is 0 Å². The molecular formula is C18H27N3. The zero-order valence-electron chi connectivity index (χ0n) is 14.1. The lowest BCUT2D eigenvalue weighted by Gasteiger charge is -2.12. The number of nitrogens with zero attached hydrogens (tertiary/aromatic N) is 2. The number of hydrogen-bond donors (Lipinski definition) is 1. The Morgan fingerprint density at radius 1 is 1.14 bits per heavy atom. The molecule has 1 aromatic carbocycles. The summed E-state index contributed by atoms with van der Waals surface area (Å²) in [7, 11) is 0. The van der Waals surface area contributed by atoms with Crippen LogP contribution in [0.3, 0.4) is 0 Å². The molecule has 0 fully saturated rings. The van der Waals surface area contributed by atoms with Crippen molar-refractivity contribution >= 4 is 0 Å². The van der Waals surface area contributed by atoms with Gasteiger partial charge in [0.1, 0.15) is 0 Å². The summed E-state index contributed by atoms with van der Waals surface area (Å²) in [6.45, 7) is 14.9. The minimum Gasteiger partial charge on any atom is -0.312 e. The van der Waals surface area contributed by atoms with Gasteiger partial charge in [0.15, 0.2) is 0 Å². The van der Waals surface area contributed by atoms with Crippen molar-refractivity contribution in [3.63, 3.8) is 0 Å². The van der Waals surface area contributed by atoms with Crippen LogP contribution in [0.25, 0.3) is 5.69 Å². The standard InChI is InChI=1S/C18H27N3/c1-12(2)10-19-11-17-7-8-18(9-13(17)3)21-16(6)14(4)15(5)20-21/h7-9,12,19H,10-11H2,1-6H3. The molecule has 21 heavy (non-hydrogen) atoms. The van der Waals surface area contributed by atoms with Gasteiger partial charge in [-0.05, 0) is 69.0 Å². The molecule has 0 bridgehead atoms. The van der Waals surface area contributed by atoms with Crippen molar-refractivity contribution in [2.45, 2.75) is 48.1 Å². The van der Waals surface area contributed by atoms with Gasteiger partial charge in [0.2, 0.25) is 0 Å². The van der Waals surface area contributed by atoms with Gasteiger partial charge >= 0.3 is 0 Å². The van der Waals surface area contributed by atoms with E-state index >= 15 is 0 Å².